The maximum atomic E-state index is 9.19. The lowest BCUT2D eigenvalue weighted by Crippen LogP contribution is -2.35. The third-order valence-corrected chi connectivity index (χ3v) is 3.98. The van der Waals surface area contributed by atoms with Gasteiger partial charge in [0.2, 0.25) is 0 Å². The van der Waals surface area contributed by atoms with Gasteiger partial charge >= 0.3 is 0 Å². The molecule has 100 valence electrons. The monoisotopic (exact) mass is 277 g/mol. The summed E-state index contributed by atoms with van der Waals surface area (Å²) in [6.07, 6.45) is 3.61. The molecule has 2 heterocycles. The van der Waals surface area contributed by atoms with Gasteiger partial charge in [-0.1, -0.05) is 11.6 Å². The number of piperidine rings is 1. The van der Waals surface area contributed by atoms with Gasteiger partial charge in [0.25, 0.3) is 0 Å². The van der Waals surface area contributed by atoms with Gasteiger partial charge in [-0.3, -0.25) is 0 Å². The zero-order valence-electron chi connectivity index (χ0n) is 10.6. The molecule has 0 unspecified atom stereocenters. The van der Waals surface area contributed by atoms with Crippen molar-refractivity contribution in [2.45, 2.75) is 12.8 Å². The maximum absolute atomic E-state index is 9.19. The van der Waals surface area contributed by atoms with Crippen molar-refractivity contribution in [2.75, 3.05) is 24.6 Å². The fourth-order valence-corrected chi connectivity index (χ4v) is 2.76. The summed E-state index contributed by atoms with van der Waals surface area (Å²) in [5.74, 6) is 1.40. The van der Waals surface area contributed by atoms with Gasteiger partial charge in [-0.25, -0.2) is 9.97 Å². The van der Waals surface area contributed by atoms with Crippen LogP contribution in [0.25, 0.3) is 10.9 Å². The van der Waals surface area contributed by atoms with Crippen molar-refractivity contribution in [3.63, 3.8) is 0 Å². The summed E-state index contributed by atoms with van der Waals surface area (Å²) in [5, 5.41) is 10.9. The Morgan fingerprint density at radius 3 is 2.79 bits per heavy atom. The van der Waals surface area contributed by atoms with Crippen molar-refractivity contribution >= 4 is 28.3 Å². The highest BCUT2D eigenvalue weighted by atomic mass is 35.5. The number of benzene rings is 1. The molecule has 4 nitrogen and oxygen atoms in total. The van der Waals surface area contributed by atoms with Crippen molar-refractivity contribution in [2.24, 2.45) is 5.92 Å². The molecule has 3 rings (SSSR count). The molecule has 0 spiro atoms. The number of rotatable bonds is 2. The molecule has 0 radical (unpaired) electrons. The maximum Gasteiger partial charge on any atom is 0.139 e. The van der Waals surface area contributed by atoms with Crippen LogP contribution in [0.4, 0.5) is 5.82 Å². The molecule has 1 aliphatic heterocycles. The summed E-state index contributed by atoms with van der Waals surface area (Å²) in [6, 6.07) is 5.71. The summed E-state index contributed by atoms with van der Waals surface area (Å²) in [4.78, 5) is 11.0. The zero-order valence-corrected chi connectivity index (χ0v) is 11.3. The van der Waals surface area contributed by atoms with Gasteiger partial charge in [0.05, 0.1) is 5.52 Å². The summed E-state index contributed by atoms with van der Waals surface area (Å²) in [7, 11) is 0. The first-order valence-electron chi connectivity index (χ1n) is 6.54. The Hall–Kier alpha value is -1.39. The second kappa shape index (κ2) is 5.31. The quantitative estimate of drug-likeness (QED) is 0.916. The summed E-state index contributed by atoms with van der Waals surface area (Å²) < 4.78 is 0. The standard InChI is InChI=1S/C14H16ClN3O/c15-11-1-2-12-13(7-11)16-9-17-14(12)18-5-3-10(8-19)4-6-18/h1-2,7,9-10,19H,3-6,8H2. The highest BCUT2D eigenvalue weighted by Gasteiger charge is 2.20. The number of aliphatic hydroxyl groups excluding tert-OH is 1. The summed E-state index contributed by atoms with van der Waals surface area (Å²) >= 11 is 5.99. The van der Waals surface area contributed by atoms with E-state index < -0.39 is 0 Å². The van der Waals surface area contributed by atoms with E-state index in [4.69, 9.17) is 11.6 Å². The third-order valence-electron chi connectivity index (χ3n) is 3.75. The van der Waals surface area contributed by atoms with Crippen LogP contribution in [-0.4, -0.2) is 34.8 Å². The highest BCUT2D eigenvalue weighted by Crippen LogP contribution is 2.28. The lowest BCUT2D eigenvalue weighted by Gasteiger charge is -2.32. The molecule has 1 N–H and O–H groups in total. The van der Waals surface area contributed by atoms with Crippen LogP contribution in [0.2, 0.25) is 5.02 Å². The molecular formula is C14H16ClN3O. The van der Waals surface area contributed by atoms with E-state index in [1.165, 1.54) is 0 Å². The van der Waals surface area contributed by atoms with E-state index in [0.29, 0.717) is 10.9 Å². The number of aliphatic hydroxyl groups is 1. The number of hydrogen-bond acceptors (Lipinski definition) is 4. The van der Waals surface area contributed by atoms with E-state index in [9.17, 15) is 5.11 Å². The zero-order chi connectivity index (χ0) is 13.2. The summed E-state index contributed by atoms with van der Waals surface area (Å²) in [5.41, 5.74) is 0.877. The average Bonchev–Trinajstić information content (AvgIpc) is 2.46. The molecule has 1 aromatic heterocycles. The molecule has 19 heavy (non-hydrogen) atoms. The fourth-order valence-electron chi connectivity index (χ4n) is 2.60. The Bertz CT molecular complexity index is 582. The number of hydrogen-bond donors (Lipinski definition) is 1. The molecule has 2 aromatic rings. The Morgan fingerprint density at radius 2 is 2.05 bits per heavy atom. The molecule has 1 fully saturated rings. The normalized spacial score (nSPS) is 17.1. The van der Waals surface area contributed by atoms with E-state index >= 15 is 0 Å². The van der Waals surface area contributed by atoms with E-state index in [1.807, 2.05) is 18.2 Å². The Labute approximate surface area is 117 Å². The molecule has 0 amide bonds. The van der Waals surface area contributed by atoms with E-state index in [1.54, 1.807) is 6.33 Å². The van der Waals surface area contributed by atoms with E-state index in [-0.39, 0.29) is 6.61 Å². The molecule has 5 heteroatoms. The first-order chi connectivity index (χ1) is 9.28. The molecule has 0 saturated carbocycles. The molecule has 1 aliphatic rings. The molecule has 0 bridgehead atoms. The Morgan fingerprint density at radius 1 is 1.26 bits per heavy atom. The van der Waals surface area contributed by atoms with Gasteiger partial charge < -0.3 is 10.0 Å². The molecule has 0 aliphatic carbocycles. The van der Waals surface area contributed by atoms with Crippen molar-refractivity contribution in [1.29, 1.82) is 0 Å². The largest absolute Gasteiger partial charge is 0.396 e. The fraction of sp³-hybridized carbons (Fsp3) is 0.429. The van der Waals surface area contributed by atoms with Gasteiger partial charge in [-0.2, -0.15) is 0 Å². The topological polar surface area (TPSA) is 49.2 Å². The lowest BCUT2D eigenvalue weighted by molar-refractivity contribution is 0.203. The van der Waals surface area contributed by atoms with Crippen LogP contribution >= 0.6 is 11.6 Å². The second-order valence-electron chi connectivity index (χ2n) is 4.97. The first-order valence-corrected chi connectivity index (χ1v) is 6.92. The van der Waals surface area contributed by atoms with Crippen molar-refractivity contribution in [3.8, 4) is 0 Å². The van der Waals surface area contributed by atoms with Crippen LogP contribution in [0.5, 0.6) is 0 Å². The molecular weight excluding hydrogens is 262 g/mol. The lowest BCUT2D eigenvalue weighted by atomic mass is 9.98. The third kappa shape index (κ3) is 2.51. The smallest absolute Gasteiger partial charge is 0.139 e. The van der Waals surface area contributed by atoms with Crippen LogP contribution in [0.1, 0.15) is 12.8 Å². The van der Waals surface area contributed by atoms with Crippen LogP contribution in [0.15, 0.2) is 24.5 Å². The van der Waals surface area contributed by atoms with Gasteiger partial charge in [-0.15, -0.1) is 0 Å². The van der Waals surface area contributed by atoms with Gasteiger partial charge in [0, 0.05) is 30.1 Å². The molecule has 1 aromatic carbocycles. The van der Waals surface area contributed by atoms with Crippen LogP contribution in [-0.2, 0) is 0 Å². The predicted octanol–water partition coefficient (Wildman–Crippen LogP) is 2.49. The minimum Gasteiger partial charge on any atom is -0.396 e. The predicted molar refractivity (Wildman–Crippen MR) is 76.6 cm³/mol. The van der Waals surface area contributed by atoms with Crippen molar-refractivity contribution in [3.05, 3.63) is 29.5 Å². The summed E-state index contributed by atoms with van der Waals surface area (Å²) in [6.45, 7) is 2.15. The number of fused-ring (bicyclic) bond motifs is 1. The van der Waals surface area contributed by atoms with Gasteiger partial charge in [-0.05, 0) is 37.0 Å². The number of nitrogens with zero attached hydrogens (tertiary/aromatic N) is 3. The Balaban J connectivity index is 1.93. The van der Waals surface area contributed by atoms with Gasteiger partial charge in [0.15, 0.2) is 0 Å². The number of anilines is 1. The van der Waals surface area contributed by atoms with Gasteiger partial charge in [0.1, 0.15) is 12.1 Å². The minimum absolute atomic E-state index is 0.286. The SMILES string of the molecule is OCC1CCN(c2ncnc3cc(Cl)ccc23)CC1. The van der Waals surface area contributed by atoms with E-state index in [0.717, 1.165) is 42.7 Å². The number of halogens is 1. The van der Waals surface area contributed by atoms with Crippen LogP contribution < -0.4 is 4.90 Å². The van der Waals surface area contributed by atoms with Crippen LogP contribution in [0, 0.1) is 5.92 Å². The first kappa shape index (κ1) is 12.6. The second-order valence-corrected chi connectivity index (χ2v) is 5.41. The van der Waals surface area contributed by atoms with Crippen molar-refractivity contribution in [1.82, 2.24) is 9.97 Å². The number of aromatic nitrogens is 2. The Kier molecular flexibility index (Phi) is 3.53. The van der Waals surface area contributed by atoms with Crippen LogP contribution in [0.3, 0.4) is 0 Å². The van der Waals surface area contributed by atoms with Crippen molar-refractivity contribution < 1.29 is 5.11 Å². The minimum atomic E-state index is 0.286. The molecule has 0 atom stereocenters. The van der Waals surface area contributed by atoms with E-state index in [2.05, 4.69) is 14.9 Å². The average molecular weight is 278 g/mol. The molecule has 1 saturated heterocycles. The highest BCUT2D eigenvalue weighted by molar-refractivity contribution is 6.31.